The highest BCUT2D eigenvalue weighted by Crippen LogP contribution is 2.04. The molecule has 1 unspecified atom stereocenters. The second-order valence-corrected chi connectivity index (χ2v) is 2.76. The number of carbonyl (C=O) groups excluding carboxylic acids is 1. The number of ether oxygens (including phenoxy) is 1. The van der Waals surface area contributed by atoms with E-state index >= 15 is 0 Å². The molecule has 0 aromatic rings. The van der Waals surface area contributed by atoms with E-state index < -0.39 is 6.10 Å². The number of nitrogens with zero attached hydrogens (tertiary/aromatic N) is 1. The first-order valence-corrected chi connectivity index (χ1v) is 3.80. The lowest BCUT2D eigenvalue weighted by molar-refractivity contribution is 0.0517. The summed E-state index contributed by atoms with van der Waals surface area (Å²) >= 11 is 0. The van der Waals surface area contributed by atoms with Crippen molar-refractivity contribution in [1.29, 1.82) is 0 Å². The molecular weight excluding hydrogens is 146 g/mol. The molecule has 4 heteroatoms. The Kier molecular flexibility index (Phi) is 2.70. The van der Waals surface area contributed by atoms with Crippen LogP contribution in [0, 0.1) is 0 Å². The first-order chi connectivity index (χ1) is 5.20. The van der Waals surface area contributed by atoms with E-state index in [1.54, 1.807) is 6.92 Å². The van der Waals surface area contributed by atoms with Crippen LogP contribution in [0.4, 0.5) is 4.79 Å². The quantitative estimate of drug-likeness (QED) is 0.626. The molecule has 1 aliphatic rings. The van der Waals surface area contributed by atoms with Crippen molar-refractivity contribution in [3.63, 3.8) is 0 Å². The highest BCUT2D eigenvalue weighted by Gasteiger charge is 2.20. The fraction of sp³-hybridized carbons (Fsp3) is 0.857. The molecule has 0 aliphatic carbocycles. The van der Waals surface area contributed by atoms with Crippen molar-refractivity contribution in [2.24, 2.45) is 0 Å². The van der Waals surface area contributed by atoms with Crippen molar-refractivity contribution in [3.05, 3.63) is 0 Å². The minimum atomic E-state index is -0.472. The first kappa shape index (κ1) is 8.33. The third kappa shape index (κ3) is 2.38. The van der Waals surface area contributed by atoms with Gasteiger partial charge in [-0.3, -0.25) is 0 Å². The molecule has 0 spiro atoms. The van der Waals surface area contributed by atoms with Crippen LogP contribution in [0.5, 0.6) is 0 Å². The summed E-state index contributed by atoms with van der Waals surface area (Å²) in [4.78, 5) is 12.4. The molecule has 1 aliphatic heterocycles. The maximum Gasteiger partial charge on any atom is 0.409 e. The average molecular weight is 159 g/mol. The summed E-state index contributed by atoms with van der Waals surface area (Å²) in [5, 5.41) is 8.97. The van der Waals surface area contributed by atoms with E-state index in [9.17, 15) is 4.79 Å². The van der Waals surface area contributed by atoms with E-state index in [0.29, 0.717) is 19.7 Å². The molecular formula is C7H13NO3. The van der Waals surface area contributed by atoms with E-state index in [1.165, 1.54) is 4.90 Å². The lowest BCUT2D eigenvalue weighted by atomic mass is 10.3. The summed E-state index contributed by atoms with van der Waals surface area (Å²) in [5.74, 6) is 0. The standard InChI is InChI=1S/C7H13NO3/c1-6(9)5-8-3-2-4-11-7(8)10/h6,9H,2-5H2,1H3. The molecule has 1 rings (SSSR count). The van der Waals surface area contributed by atoms with Crippen LogP contribution in [-0.4, -0.2) is 41.9 Å². The largest absolute Gasteiger partial charge is 0.449 e. The van der Waals surface area contributed by atoms with Gasteiger partial charge in [0, 0.05) is 13.1 Å². The molecule has 1 heterocycles. The topological polar surface area (TPSA) is 49.8 Å². The zero-order valence-electron chi connectivity index (χ0n) is 6.62. The van der Waals surface area contributed by atoms with Crippen LogP contribution < -0.4 is 0 Å². The Morgan fingerprint density at radius 1 is 1.82 bits per heavy atom. The Labute approximate surface area is 65.8 Å². The maximum atomic E-state index is 10.9. The molecule has 11 heavy (non-hydrogen) atoms. The molecule has 0 bridgehead atoms. The van der Waals surface area contributed by atoms with Crippen molar-refractivity contribution < 1.29 is 14.6 Å². The number of aliphatic hydroxyl groups is 1. The van der Waals surface area contributed by atoms with Crippen LogP contribution in [0.3, 0.4) is 0 Å². The number of carbonyl (C=O) groups is 1. The fourth-order valence-electron chi connectivity index (χ4n) is 1.08. The Morgan fingerprint density at radius 3 is 3.09 bits per heavy atom. The Balaban J connectivity index is 2.36. The average Bonchev–Trinajstić information content (AvgIpc) is 1.93. The summed E-state index contributed by atoms with van der Waals surface area (Å²) in [6.07, 6.45) is 0.0798. The van der Waals surface area contributed by atoms with Gasteiger partial charge in [-0.1, -0.05) is 0 Å². The Bertz CT molecular complexity index is 147. The van der Waals surface area contributed by atoms with Gasteiger partial charge < -0.3 is 14.7 Å². The van der Waals surface area contributed by atoms with E-state index in [2.05, 4.69) is 0 Å². The van der Waals surface area contributed by atoms with Gasteiger partial charge in [0.2, 0.25) is 0 Å². The molecule has 4 nitrogen and oxygen atoms in total. The lowest BCUT2D eigenvalue weighted by Crippen LogP contribution is -2.41. The normalized spacial score (nSPS) is 21.3. The predicted octanol–water partition coefficient (Wildman–Crippen LogP) is 0.210. The van der Waals surface area contributed by atoms with E-state index in [1.807, 2.05) is 0 Å². The van der Waals surface area contributed by atoms with Gasteiger partial charge >= 0.3 is 6.09 Å². The van der Waals surface area contributed by atoms with Crippen molar-refractivity contribution in [1.82, 2.24) is 4.90 Å². The molecule has 1 saturated heterocycles. The smallest absolute Gasteiger partial charge is 0.409 e. The zero-order valence-corrected chi connectivity index (χ0v) is 6.62. The second kappa shape index (κ2) is 3.57. The number of aliphatic hydroxyl groups excluding tert-OH is 1. The Hall–Kier alpha value is -0.770. The molecule has 1 N–H and O–H groups in total. The minimum absolute atomic E-state index is 0.308. The SMILES string of the molecule is CC(O)CN1CCCOC1=O. The van der Waals surface area contributed by atoms with Crippen molar-refractivity contribution in [2.75, 3.05) is 19.7 Å². The molecule has 0 aromatic carbocycles. The number of amides is 1. The van der Waals surface area contributed by atoms with Gasteiger partial charge in [-0.05, 0) is 13.3 Å². The van der Waals surface area contributed by atoms with Crippen LogP contribution in [0.1, 0.15) is 13.3 Å². The second-order valence-electron chi connectivity index (χ2n) is 2.76. The monoisotopic (exact) mass is 159 g/mol. The molecule has 64 valence electrons. The number of β-amino-alcohol motifs (C(OH)–C–C–N with tert-alkyl or cyclic N) is 1. The van der Waals surface area contributed by atoms with E-state index in [4.69, 9.17) is 9.84 Å². The van der Waals surface area contributed by atoms with E-state index in [-0.39, 0.29) is 6.09 Å². The third-order valence-corrected chi connectivity index (χ3v) is 1.54. The predicted molar refractivity (Wildman–Crippen MR) is 39.2 cm³/mol. The van der Waals surface area contributed by atoms with Gasteiger partial charge in [0.1, 0.15) is 0 Å². The summed E-state index contributed by atoms with van der Waals surface area (Å²) < 4.78 is 4.77. The lowest BCUT2D eigenvalue weighted by Gasteiger charge is -2.27. The van der Waals surface area contributed by atoms with Crippen LogP contribution in [-0.2, 0) is 4.74 Å². The summed E-state index contributed by atoms with van der Waals surface area (Å²) in [6.45, 7) is 3.24. The Morgan fingerprint density at radius 2 is 2.55 bits per heavy atom. The molecule has 1 atom stereocenters. The van der Waals surface area contributed by atoms with Crippen LogP contribution in [0.2, 0.25) is 0 Å². The molecule has 1 amide bonds. The first-order valence-electron chi connectivity index (χ1n) is 3.80. The van der Waals surface area contributed by atoms with Gasteiger partial charge in [-0.25, -0.2) is 4.79 Å². The van der Waals surface area contributed by atoms with Crippen LogP contribution in [0.25, 0.3) is 0 Å². The van der Waals surface area contributed by atoms with Gasteiger partial charge in [-0.15, -0.1) is 0 Å². The third-order valence-electron chi connectivity index (χ3n) is 1.54. The van der Waals surface area contributed by atoms with Crippen LogP contribution in [0.15, 0.2) is 0 Å². The molecule has 0 aromatic heterocycles. The van der Waals surface area contributed by atoms with Crippen molar-refractivity contribution in [3.8, 4) is 0 Å². The molecule has 0 saturated carbocycles. The highest BCUT2D eigenvalue weighted by atomic mass is 16.6. The number of hydrogen-bond acceptors (Lipinski definition) is 3. The van der Waals surface area contributed by atoms with Gasteiger partial charge in [0.05, 0.1) is 12.7 Å². The van der Waals surface area contributed by atoms with Crippen molar-refractivity contribution >= 4 is 6.09 Å². The zero-order chi connectivity index (χ0) is 8.27. The molecule has 0 radical (unpaired) electrons. The molecule has 1 fully saturated rings. The van der Waals surface area contributed by atoms with E-state index in [0.717, 1.165) is 6.42 Å². The van der Waals surface area contributed by atoms with Gasteiger partial charge in [-0.2, -0.15) is 0 Å². The number of hydrogen-bond donors (Lipinski definition) is 1. The van der Waals surface area contributed by atoms with Crippen molar-refractivity contribution in [2.45, 2.75) is 19.4 Å². The number of cyclic esters (lactones) is 1. The fourth-order valence-corrected chi connectivity index (χ4v) is 1.08. The summed E-state index contributed by atoms with van der Waals surface area (Å²) in [7, 11) is 0. The van der Waals surface area contributed by atoms with Crippen LogP contribution >= 0.6 is 0 Å². The summed E-state index contributed by atoms with van der Waals surface area (Å²) in [6, 6.07) is 0. The summed E-state index contributed by atoms with van der Waals surface area (Å²) in [5.41, 5.74) is 0. The minimum Gasteiger partial charge on any atom is -0.449 e. The van der Waals surface area contributed by atoms with Gasteiger partial charge in [0.25, 0.3) is 0 Å². The highest BCUT2D eigenvalue weighted by molar-refractivity contribution is 5.68. The maximum absolute atomic E-state index is 10.9. The number of rotatable bonds is 2. The van der Waals surface area contributed by atoms with Gasteiger partial charge in [0.15, 0.2) is 0 Å².